The molecule has 3 fully saturated rings. The van der Waals surface area contributed by atoms with Gasteiger partial charge in [0, 0.05) is 44.0 Å². The Balaban J connectivity index is 1.33. The fraction of sp³-hybridized carbons (Fsp3) is 0.650. The number of nitrogens with zero attached hydrogens (tertiary/aromatic N) is 1. The fourth-order valence-electron chi connectivity index (χ4n) is 4.38. The lowest BCUT2D eigenvalue weighted by Gasteiger charge is -2.39. The van der Waals surface area contributed by atoms with Gasteiger partial charge in [-0.25, -0.2) is 4.39 Å². The Labute approximate surface area is 148 Å². The van der Waals surface area contributed by atoms with Crippen molar-refractivity contribution >= 4 is 5.91 Å². The second-order valence-electron chi connectivity index (χ2n) is 7.69. The molecule has 2 aliphatic heterocycles. The molecule has 0 unspecified atom stereocenters. The van der Waals surface area contributed by atoms with Gasteiger partial charge in [0.15, 0.2) is 0 Å². The molecule has 1 aromatic carbocycles. The van der Waals surface area contributed by atoms with Gasteiger partial charge in [0.2, 0.25) is 5.91 Å². The smallest absolute Gasteiger partial charge is 0.230 e. The van der Waals surface area contributed by atoms with E-state index in [1.54, 1.807) is 12.1 Å². The number of ether oxygens (including phenoxy) is 1. The third-order valence-corrected chi connectivity index (χ3v) is 6.15. The van der Waals surface area contributed by atoms with Crippen LogP contribution in [0.1, 0.15) is 44.1 Å². The van der Waals surface area contributed by atoms with Crippen molar-refractivity contribution in [1.82, 2.24) is 10.2 Å². The lowest BCUT2D eigenvalue weighted by molar-refractivity contribution is -0.124. The second-order valence-corrected chi connectivity index (χ2v) is 7.69. The van der Waals surface area contributed by atoms with E-state index < -0.39 is 5.41 Å². The van der Waals surface area contributed by atoms with Gasteiger partial charge in [-0.15, -0.1) is 0 Å². The number of carbonyl (C=O) groups is 1. The van der Waals surface area contributed by atoms with Crippen LogP contribution in [0.5, 0.6) is 0 Å². The third kappa shape index (κ3) is 3.44. The van der Waals surface area contributed by atoms with E-state index in [2.05, 4.69) is 10.2 Å². The van der Waals surface area contributed by atoms with E-state index in [1.807, 2.05) is 6.07 Å². The van der Waals surface area contributed by atoms with Crippen molar-refractivity contribution < 1.29 is 13.9 Å². The highest BCUT2D eigenvalue weighted by Gasteiger charge is 2.53. The molecule has 0 atom stereocenters. The lowest BCUT2D eigenvalue weighted by Crippen LogP contribution is -2.50. The Kier molecular flexibility index (Phi) is 4.78. The molecule has 4 rings (SSSR count). The molecule has 3 aliphatic rings. The molecule has 1 aliphatic carbocycles. The van der Waals surface area contributed by atoms with Crippen molar-refractivity contribution in [3.8, 4) is 0 Å². The maximum atomic E-state index is 14.1. The standard InChI is InChI=1S/C20H27FN2O2/c21-18-4-2-1-3-17(18)20(9-10-20)19(24)22-15-5-11-23(12-6-15)16-7-13-25-14-8-16/h1-4,15-16H,5-14H2,(H,22,24). The SMILES string of the molecule is O=C(NC1CCN(C2CCOCC2)CC1)C1(c2ccccc2F)CC1. The predicted molar refractivity (Wildman–Crippen MR) is 93.9 cm³/mol. The average Bonchev–Trinajstić information content (AvgIpc) is 3.45. The highest BCUT2D eigenvalue weighted by atomic mass is 19.1. The maximum Gasteiger partial charge on any atom is 0.230 e. The van der Waals surface area contributed by atoms with Crippen LogP contribution in [-0.2, 0) is 14.9 Å². The van der Waals surface area contributed by atoms with Crippen LogP contribution in [0.4, 0.5) is 4.39 Å². The van der Waals surface area contributed by atoms with Crippen LogP contribution in [0, 0.1) is 5.82 Å². The quantitative estimate of drug-likeness (QED) is 0.911. The van der Waals surface area contributed by atoms with Gasteiger partial charge >= 0.3 is 0 Å². The van der Waals surface area contributed by atoms with Crippen LogP contribution >= 0.6 is 0 Å². The van der Waals surface area contributed by atoms with E-state index >= 15 is 0 Å². The lowest BCUT2D eigenvalue weighted by atomic mass is 9.93. The van der Waals surface area contributed by atoms with Crippen molar-refractivity contribution in [1.29, 1.82) is 0 Å². The number of benzene rings is 1. The Morgan fingerprint density at radius 3 is 2.44 bits per heavy atom. The Morgan fingerprint density at radius 2 is 1.80 bits per heavy atom. The minimum atomic E-state index is -0.622. The van der Waals surface area contributed by atoms with Gasteiger partial charge in [0.05, 0.1) is 5.41 Å². The molecule has 136 valence electrons. The number of amides is 1. The minimum Gasteiger partial charge on any atom is -0.381 e. The Hall–Kier alpha value is -1.46. The third-order valence-electron chi connectivity index (χ3n) is 6.15. The maximum absolute atomic E-state index is 14.1. The fourth-order valence-corrected chi connectivity index (χ4v) is 4.38. The van der Waals surface area contributed by atoms with Crippen LogP contribution < -0.4 is 5.32 Å². The topological polar surface area (TPSA) is 41.6 Å². The van der Waals surface area contributed by atoms with Gasteiger partial charge in [0.1, 0.15) is 5.82 Å². The molecule has 1 saturated carbocycles. The number of hydrogen-bond acceptors (Lipinski definition) is 3. The predicted octanol–water partition coefficient (Wildman–Crippen LogP) is 2.62. The monoisotopic (exact) mass is 346 g/mol. The molecule has 1 amide bonds. The first-order valence-corrected chi connectivity index (χ1v) is 9.57. The highest BCUT2D eigenvalue weighted by Crippen LogP contribution is 2.49. The van der Waals surface area contributed by atoms with Crippen molar-refractivity contribution in [3.63, 3.8) is 0 Å². The van der Waals surface area contributed by atoms with Gasteiger partial charge in [-0.05, 0) is 44.6 Å². The number of piperidine rings is 1. The molecule has 2 saturated heterocycles. The number of likely N-dealkylation sites (tertiary alicyclic amines) is 1. The highest BCUT2D eigenvalue weighted by molar-refractivity contribution is 5.91. The zero-order chi connectivity index (χ0) is 17.3. The molecule has 1 N–H and O–H groups in total. The van der Waals surface area contributed by atoms with Gasteiger partial charge in [-0.3, -0.25) is 4.79 Å². The van der Waals surface area contributed by atoms with Crippen LogP contribution in [-0.4, -0.2) is 49.2 Å². The van der Waals surface area contributed by atoms with E-state index in [1.165, 1.54) is 6.07 Å². The Morgan fingerprint density at radius 1 is 1.12 bits per heavy atom. The van der Waals surface area contributed by atoms with E-state index in [-0.39, 0.29) is 17.8 Å². The number of rotatable bonds is 4. The molecular weight excluding hydrogens is 319 g/mol. The second kappa shape index (κ2) is 7.04. The summed E-state index contributed by atoms with van der Waals surface area (Å²) in [5.41, 5.74) is -0.0597. The van der Waals surface area contributed by atoms with E-state index in [0.29, 0.717) is 11.6 Å². The van der Waals surface area contributed by atoms with E-state index in [0.717, 1.165) is 64.8 Å². The molecule has 0 radical (unpaired) electrons. The van der Waals surface area contributed by atoms with Gasteiger partial charge < -0.3 is 15.0 Å². The number of hydrogen-bond donors (Lipinski definition) is 1. The molecule has 4 nitrogen and oxygen atoms in total. The summed E-state index contributed by atoms with van der Waals surface area (Å²) in [5.74, 6) is -0.244. The Bertz CT molecular complexity index is 618. The molecule has 0 aromatic heterocycles. The van der Waals surface area contributed by atoms with Crippen molar-refractivity contribution in [2.24, 2.45) is 0 Å². The molecule has 25 heavy (non-hydrogen) atoms. The van der Waals surface area contributed by atoms with Gasteiger partial charge in [-0.2, -0.15) is 0 Å². The van der Waals surface area contributed by atoms with Crippen LogP contribution in [0.15, 0.2) is 24.3 Å². The molecule has 0 bridgehead atoms. The summed E-state index contributed by atoms with van der Waals surface area (Å²) >= 11 is 0. The van der Waals surface area contributed by atoms with Gasteiger partial charge in [-0.1, -0.05) is 18.2 Å². The summed E-state index contributed by atoms with van der Waals surface area (Å²) in [6, 6.07) is 7.56. The molecule has 2 heterocycles. The average molecular weight is 346 g/mol. The van der Waals surface area contributed by atoms with E-state index in [9.17, 15) is 9.18 Å². The summed E-state index contributed by atoms with van der Waals surface area (Å²) in [5, 5.41) is 3.21. The summed E-state index contributed by atoms with van der Waals surface area (Å²) < 4.78 is 19.6. The minimum absolute atomic E-state index is 0.0158. The summed E-state index contributed by atoms with van der Waals surface area (Å²) in [6.45, 7) is 3.80. The summed E-state index contributed by atoms with van der Waals surface area (Å²) in [4.78, 5) is 15.4. The normalized spacial score (nSPS) is 24.8. The van der Waals surface area contributed by atoms with Crippen molar-refractivity contribution in [3.05, 3.63) is 35.6 Å². The molecule has 0 spiro atoms. The van der Waals surface area contributed by atoms with Crippen LogP contribution in [0.2, 0.25) is 0 Å². The summed E-state index contributed by atoms with van der Waals surface area (Å²) in [6.07, 6.45) is 5.70. The van der Waals surface area contributed by atoms with Gasteiger partial charge in [0.25, 0.3) is 0 Å². The summed E-state index contributed by atoms with van der Waals surface area (Å²) in [7, 11) is 0. The van der Waals surface area contributed by atoms with Crippen LogP contribution in [0.25, 0.3) is 0 Å². The first-order valence-electron chi connectivity index (χ1n) is 9.57. The number of halogens is 1. The van der Waals surface area contributed by atoms with Crippen molar-refractivity contribution in [2.45, 2.75) is 56.0 Å². The molecule has 1 aromatic rings. The number of carbonyl (C=O) groups excluding carboxylic acids is 1. The van der Waals surface area contributed by atoms with Crippen molar-refractivity contribution in [2.75, 3.05) is 26.3 Å². The first-order chi connectivity index (χ1) is 12.2. The largest absolute Gasteiger partial charge is 0.381 e. The zero-order valence-corrected chi connectivity index (χ0v) is 14.7. The molecule has 5 heteroatoms. The number of nitrogens with one attached hydrogen (secondary N) is 1. The first kappa shape index (κ1) is 17.0. The molecular formula is C20H27FN2O2. The zero-order valence-electron chi connectivity index (χ0n) is 14.7. The van der Waals surface area contributed by atoms with Crippen LogP contribution in [0.3, 0.4) is 0 Å². The van der Waals surface area contributed by atoms with E-state index in [4.69, 9.17) is 4.74 Å².